The van der Waals surface area contributed by atoms with E-state index in [1.807, 2.05) is 41.8 Å². The van der Waals surface area contributed by atoms with Crippen LogP contribution < -0.4 is 15.8 Å². The van der Waals surface area contributed by atoms with Crippen LogP contribution in [0.25, 0.3) is 0 Å². The Balaban J connectivity index is 1.54. The van der Waals surface area contributed by atoms with Gasteiger partial charge >= 0.3 is 0 Å². The summed E-state index contributed by atoms with van der Waals surface area (Å²) in [5, 5.41) is 14.7. The maximum Gasteiger partial charge on any atom is 0.255 e. The van der Waals surface area contributed by atoms with E-state index in [1.54, 1.807) is 17.4 Å². The van der Waals surface area contributed by atoms with Crippen LogP contribution in [0.2, 0.25) is 0 Å². The number of benzene rings is 2. The number of thiophene rings is 1. The van der Waals surface area contributed by atoms with E-state index in [0.29, 0.717) is 24.6 Å². The third-order valence-corrected chi connectivity index (χ3v) is 5.00. The van der Waals surface area contributed by atoms with Gasteiger partial charge < -0.3 is 20.9 Å². The van der Waals surface area contributed by atoms with Crippen molar-refractivity contribution in [1.82, 2.24) is 5.32 Å². The van der Waals surface area contributed by atoms with Crippen molar-refractivity contribution in [2.24, 2.45) is 10.7 Å². The fourth-order valence-electron chi connectivity index (χ4n) is 2.60. The van der Waals surface area contributed by atoms with Gasteiger partial charge in [-0.3, -0.25) is 4.79 Å². The van der Waals surface area contributed by atoms with Gasteiger partial charge in [-0.1, -0.05) is 18.2 Å². The number of methoxy groups -OCH3 is 1. The number of rotatable bonds is 7. The SMILES string of the molecule is COc1ccc(C(=O)NCCc2ccc(N=C(N)c3cccs3)cc2)c(O)c1. The zero-order valence-electron chi connectivity index (χ0n) is 15.4. The number of amidine groups is 1. The molecule has 0 saturated carbocycles. The number of aromatic hydroxyl groups is 1. The molecule has 6 nitrogen and oxygen atoms in total. The first-order chi connectivity index (χ1) is 13.6. The van der Waals surface area contributed by atoms with Crippen LogP contribution in [-0.2, 0) is 6.42 Å². The van der Waals surface area contributed by atoms with Crippen molar-refractivity contribution in [2.75, 3.05) is 13.7 Å². The van der Waals surface area contributed by atoms with Crippen LogP contribution in [0, 0.1) is 0 Å². The topological polar surface area (TPSA) is 96.9 Å². The van der Waals surface area contributed by atoms with Crippen LogP contribution in [-0.4, -0.2) is 30.5 Å². The van der Waals surface area contributed by atoms with Gasteiger partial charge in [-0.15, -0.1) is 11.3 Å². The van der Waals surface area contributed by atoms with Gasteiger partial charge in [0.2, 0.25) is 0 Å². The number of carbonyl (C=O) groups excluding carboxylic acids is 1. The lowest BCUT2D eigenvalue weighted by Gasteiger charge is -2.08. The minimum atomic E-state index is -0.329. The monoisotopic (exact) mass is 395 g/mol. The Bertz CT molecular complexity index is 967. The van der Waals surface area contributed by atoms with Crippen LogP contribution in [0.15, 0.2) is 65.0 Å². The average Bonchev–Trinajstić information content (AvgIpc) is 3.24. The summed E-state index contributed by atoms with van der Waals surface area (Å²) < 4.78 is 5.02. The Morgan fingerprint density at radius 1 is 1.21 bits per heavy atom. The Hall–Kier alpha value is -3.32. The van der Waals surface area contributed by atoms with Crippen molar-refractivity contribution in [3.63, 3.8) is 0 Å². The molecule has 0 aliphatic rings. The number of amides is 1. The van der Waals surface area contributed by atoms with Gasteiger partial charge in [0.05, 0.1) is 23.2 Å². The van der Waals surface area contributed by atoms with E-state index in [-0.39, 0.29) is 17.2 Å². The molecule has 3 aromatic rings. The lowest BCUT2D eigenvalue weighted by atomic mass is 10.1. The zero-order chi connectivity index (χ0) is 19.9. The fourth-order valence-corrected chi connectivity index (χ4v) is 3.23. The molecule has 1 amide bonds. The van der Waals surface area contributed by atoms with Crippen molar-refractivity contribution in [3.8, 4) is 11.5 Å². The lowest BCUT2D eigenvalue weighted by Crippen LogP contribution is -2.25. The minimum absolute atomic E-state index is 0.109. The third-order valence-electron chi connectivity index (χ3n) is 4.11. The Labute approximate surface area is 167 Å². The smallest absolute Gasteiger partial charge is 0.255 e. The van der Waals surface area contributed by atoms with Gasteiger partial charge in [0.25, 0.3) is 5.91 Å². The number of nitrogens with one attached hydrogen (secondary N) is 1. The molecule has 1 aromatic heterocycles. The second-order valence-electron chi connectivity index (χ2n) is 6.03. The molecule has 0 unspecified atom stereocenters. The molecule has 0 fully saturated rings. The summed E-state index contributed by atoms with van der Waals surface area (Å²) in [4.78, 5) is 17.6. The van der Waals surface area contributed by atoms with Crippen LogP contribution in [0.5, 0.6) is 11.5 Å². The maximum atomic E-state index is 12.2. The van der Waals surface area contributed by atoms with E-state index in [1.165, 1.54) is 19.2 Å². The minimum Gasteiger partial charge on any atom is -0.507 e. The molecular weight excluding hydrogens is 374 g/mol. The second-order valence-corrected chi connectivity index (χ2v) is 6.98. The molecule has 0 aliphatic heterocycles. The highest BCUT2D eigenvalue weighted by Gasteiger charge is 2.11. The number of hydrogen-bond acceptors (Lipinski definition) is 5. The molecule has 4 N–H and O–H groups in total. The molecule has 7 heteroatoms. The molecule has 0 bridgehead atoms. The number of aliphatic imine (C=N–C) groups is 1. The summed E-state index contributed by atoms with van der Waals surface area (Å²) >= 11 is 1.55. The Kier molecular flexibility index (Phi) is 6.29. The lowest BCUT2D eigenvalue weighted by molar-refractivity contribution is 0.0951. The molecule has 0 atom stereocenters. The highest BCUT2D eigenvalue weighted by molar-refractivity contribution is 7.12. The number of hydrogen-bond donors (Lipinski definition) is 3. The molecule has 1 heterocycles. The molecule has 144 valence electrons. The molecule has 0 aliphatic carbocycles. The van der Waals surface area contributed by atoms with Gasteiger partial charge in [0.1, 0.15) is 17.3 Å². The van der Waals surface area contributed by atoms with Gasteiger partial charge in [-0.25, -0.2) is 4.99 Å². The van der Waals surface area contributed by atoms with Crippen LogP contribution >= 0.6 is 11.3 Å². The number of nitrogens with two attached hydrogens (primary N) is 1. The first-order valence-corrected chi connectivity index (χ1v) is 9.57. The summed E-state index contributed by atoms with van der Waals surface area (Å²) in [7, 11) is 1.50. The molecule has 3 rings (SSSR count). The van der Waals surface area contributed by atoms with Crippen LogP contribution in [0.3, 0.4) is 0 Å². The van der Waals surface area contributed by atoms with E-state index in [9.17, 15) is 9.90 Å². The number of phenolic OH excluding ortho intramolecular Hbond substituents is 1. The quantitative estimate of drug-likeness (QED) is 0.421. The first kappa shape index (κ1) is 19.4. The molecular formula is C21H21N3O3S. The second kappa shape index (κ2) is 9.05. The summed E-state index contributed by atoms with van der Waals surface area (Å²) in [6.45, 7) is 0.449. The van der Waals surface area contributed by atoms with Crippen molar-refractivity contribution in [3.05, 3.63) is 76.0 Å². The summed E-state index contributed by atoms with van der Waals surface area (Å²) in [6.07, 6.45) is 0.660. The van der Waals surface area contributed by atoms with Crippen molar-refractivity contribution in [2.45, 2.75) is 6.42 Å². The third kappa shape index (κ3) is 4.89. The summed E-state index contributed by atoms with van der Waals surface area (Å²) in [5.74, 6) is 0.554. The molecule has 0 saturated heterocycles. The van der Waals surface area contributed by atoms with Gasteiger partial charge in [0.15, 0.2) is 0 Å². The predicted molar refractivity (Wildman–Crippen MR) is 112 cm³/mol. The van der Waals surface area contributed by atoms with E-state index >= 15 is 0 Å². The fraction of sp³-hybridized carbons (Fsp3) is 0.143. The van der Waals surface area contributed by atoms with Crippen molar-refractivity contribution < 1.29 is 14.6 Å². The standard InChI is InChI=1S/C21H21N3O3S/c1-27-16-8-9-17(18(25)13-16)21(26)23-11-10-14-4-6-15(7-5-14)24-20(22)19-3-2-12-28-19/h2-9,12-13,25H,10-11H2,1H3,(H2,22,24)(H,23,26). The van der Waals surface area contributed by atoms with E-state index in [0.717, 1.165) is 16.1 Å². The van der Waals surface area contributed by atoms with E-state index in [4.69, 9.17) is 10.5 Å². The molecule has 2 aromatic carbocycles. The van der Waals surface area contributed by atoms with Gasteiger partial charge in [-0.05, 0) is 47.7 Å². The molecule has 0 radical (unpaired) electrons. The number of ether oxygens (including phenoxy) is 1. The van der Waals surface area contributed by atoms with Gasteiger partial charge in [0, 0.05) is 12.6 Å². The average molecular weight is 395 g/mol. The van der Waals surface area contributed by atoms with E-state index in [2.05, 4.69) is 10.3 Å². The number of carbonyl (C=O) groups is 1. The highest BCUT2D eigenvalue weighted by Crippen LogP contribution is 2.23. The normalized spacial score (nSPS) is 11.2. The van der Waals surface area contributed by atoms with Crippen molar-refractivity contribution >= 4 is 28.8 Å². The first-order valence-electron chi connectivity index (χ1n) is 8.69. The molecule has 28 heavy (non-hydrogen) atoms. The Morgan fingerprint density at radius 2 is 2.00 bits per heavy atom. The van der Waals surface area contributed by atoms with E-state index < -0.39 is 0 Å². The summed E-state index contributed by atoms with van der Waals surface area (Å²) in [6, 6.07) is 16.2. The van der Waals surface area contributed by atoms with Crippen LogP contribution in [0.1, 0.15) is 20.8 Å². The molecule has 0 spiro atoms. The van der Waals surface area contributed by atoms with Crippen molar-refractivity contribution in [1.29, 1.82) is 0 Å². The predicted octanol–water partition coefficient (Wildman–Crippen LogP) is 3.47. The number of nitrogens with zero attached hydrogens (tertiary/aromatic N) is 1. The van der Waals surface area contributed by atoms with Crippen LogP contribution in [0.4, 0.5) is 5.69 Å². The zero-order valence-corrected chi connectivity index (χ0v) is 16.2. The Morgan fingerprint density at radius 3 is 2.64 bits per heavy atom. The van der Waals surface area contributed by atoms with Gasteiger partial charge in [-0.2, -0.15) is 0 Å². The maximum absolute atomic E-state index is 12.2. The number of phenols is 1. The largest absolute Gasteiger partial charge is 0.507 e. The summed E-state index contributed by atoms with van der Waals surface area (Å²) in [5.41, 5.74) is 8.05. The highest BCUT2D eigenvalue weighted by atomic mass is 32.1.